The lowest BCUT2D eigenvalue weighted by Crippen LogP contribution is -2.35. The summed E-state index contributed by atoms with van der Waals surface area (Å²) in [6.45, 7) is -0.758. The topological polar surface area (TPSA) is 83.9 Å². The summed E-state index contributed by atoms with van der Waals surface area (Å²) in [7, 11) is -2.76. The van der Waals surface area contributed by atoms with Crippen LogP contribution in [0.5, 0.6) is 5.75 Å². The number of halogens is 2. The van der Waals surface area contributed by atoms with Crippen LogP contribution >= 0.6 is 23.2 Å². The first-order valence-corrected chi connectivity index (χ1v) is 8.79. The zero-order valence-corrected chi connectivity index (χ0v) is 14.8. The Morgan fingerprint density at radius 1 is 1.21 bits per heavy atom. The number of nitrogens with zero attached hydrogens (tertiary/aromatic N) is 1. The second-order valence-electron chi connectivity index (χ2n) is 4.68. The van der Waals surface area contributed by atoms with Crippen LogP contribution in [0, 0.1) is 0 Å². The van der Waals surface area contributed by atoms with Crippen molar-refractivity contribution in [1.29, 1.82) is 0 Å². The van der Waals surface area contributed by atoms with Gasteiger partial charge in [0.05, 0.1) is 22.7 Å². The maximum atomic E-state index is 12.9. The molecule has 0 atom stereocenters. The molecular weight excluding hydrogens is 377 g/mol. The monoisotopic (exact) mass is 389 g/mol. The SMILES string of the molecule is COc1ccc(S(=O)(=O)N(CC(=O)O)c2cccc(Cl)c2)cc1Cl. The molecule has 128 valence electrons. The summed E-state index contributed by atoms with van der Waals surface area (Å²) in [5.74, 6) is -0.999. The number of rotatable bonds is 6. The van der Waals surface area contributed by atoms with Crippen molar-refractivity contribution in [3.63, 3.8) is 0 Å². The van der Waals surface area contributed by atoms with Gasteiger partial charge in [0.15, 0.2) is 0 Å². The van der Waals surface area contributed by atoms with Crippen LogP contribution in [-0.4, -0.2) is 33.1 Å². The lowest BCUT2D eigenvalue weighted by molar-refractivity contribution is -0.135. The molecule has 0 saturated heterocycles. The number of aliphatic carboxylic acids is 1. The van der Waals surface area contributed by atoms with E-state index in [1.165, 1.54) is 43.5 Å². The van der Waals surface area contributed by atoms with Crippen molar-refractivity contribution in [3.05, 3.63) is 52.5 Å². The lowest BCUT2D eigenvalue weighted by Gasteiger charge is -2.23. The van der Waals surface area contributed by atoms with Crippen LogP contribution in [0.2, 0.25) is 10.0 Å². The number of carboxylic acids is 1. The van der Waals surface area contributed by atoms with Crippen LogP contribution in [0.25, 0.3) is 0 Å². The van der Waals surface area contributed by atoms with E-state index in [0.717, 1.165) is 4.31 Å². The molecule has 24 heavy (non-hydrogen) atoms. The van der Waals surface area contributed by atoms with Crippen molar-refractivity contribution in [3.8, 4) is 5.75 Å². The number of sulfonamides is 1. The quantitative estimate of drug-likeness (QED) is 0.819. The normalized spacial score (nSPS) is 11.1. The molecule has 2 aromatic rings. The van der Waals surface area contributed by atoms with Gasteiger partial charge in [-0.25, -0.2) is 8.42 Å². The molecule has 0 heterocycles. The zero-order valence-electron chi connectivity index (χ0n) is 12.4. The molecule has 6 nitrogen and oxygen atoms in total. The van der Waals surface area contributed by atoms with Crippen molar-refractivity contribution in [2.24, 2.45) is 0 Å². The molecule has 0 aliphatic carbocycles. The first-order valence-electron chi connectivity index (χ1n) is 6.59. The van der Waals surface area contributed by atoms with E-state index in [1.54, 1.807) is 6.07 Å². The van der Waals surface area contributed by atoms with Gasteiger partial charge in [0.1, 0.15) is 12.3 Å². The van der Waals surface area contributed by atoms with Gasteiger partial charge in [0.2, 0.25) is 0 Å². The Balaban J connectivity index is 2.55. The third kappa shape index (κ3) is 3.92. The minimum absolute atomic E-state index is 0.0972. The third-order valence-corrected chi connectivity index (χ3v) is 5.39. The van der Waals surface area contributed by atoms with Gasteiger partial charge >= 0.3 is 5.97 Å². The molecule has 0 unspecified atom stereocenters. The second kappa shape index (κ2) is 7.29. The van der Waals surface area contributed by atoms with Gasteiger partial charge in [-0.2, -0.15) is 0 Å². The first-order chi connectivity index (χ1) is 11.3. The summed E-state index contributed by atoms with van der Waals surface area (Å²) in [6, 6.07) is 9.80. The summed E-state index contributed by atoms with van der Waals surface area (Å²) in [5, 5.41) is 9.46. The summed E-state index contributed by atoms with van der Waals surface area (Å²) < 4.78 is 31.4. The zero-order chi connectivity index (χ0) is 17.9. The van der Waals surface area contributed by atoms with Crippen molar-refractivity contribution < 1.29 is 23.1 Å². The molecule has 0 bridgehead atoms. The Morgan fingerprint density at radius 3 is 2.46 bits per heavy atom. The van der Waals surface area contributed by atoms with Gasteiger partial charge in [0, 0.05) is 5.02 Å². The van der Waals surface area contributed by atoms with Crippen LogP contribution in [0.4, 0.5) is 5.69 Å². The van der Waals surface area contributed by atoms with E-state index in [0.29, 0.717) is 5.75 Å². The van der Waals surface area contributed by atoms with E-state index in [1.807, 2.05) is 0 Å². The summed E-state index contributed by atoms with van der Waals surface area (Å²) in [6.07, 6.45) is 0. The number of methoxy groups -OCH3 is 1. The molecule has 2 rings (SSSR count). The Kier molecular flexibility index (Phi) is 5.58. The predicted octanol–water partition coefficient (Wildman–Crippen LogP) is 3.28. The fourth-order valence-corrected chi connectivity index (χ4v) is 3.94. The largest absolute Gasteiger partial charge is 0.495 e. The van der Waals surface area contributed by atoms with E-state index < -0.39 is 22.5 Å². The number of carboxylic acid groups (broad SMARTS) is 1. The molecular formula is C15H13Cl2NO5S. The number of carbonyl (C=O) groups is 1. The smallest absolute Gasteiger partial charge is 0.324 e. The van der Waals surface area contributed by atoms with Crippen molar-refractivity contribution in [2.45, 2.75) is 4.90 Å². The average Bonchev–Trinajstić information content (AvgIpc) is 2.52. The van der Waals surface area contributed by atoms with Crippen LogP contribution in [0.3, 0.4) is 0 Å². The minimum atomic E-state index is -4.16. The highest BCUT2D eigenvalue weighted by Gasteiger charge is 2.28. The number of ether oxygens (including phenoxy) is 1. The van der Waals surface area contributed by atoms with E-state index in [-0.39, 0.29) is 20.6 Å². The summed E-state index contributed by atoms with van der Waals surface area (Å²) in [5.41, 5.74) is 0.136. The summed E-state index contributed by atoms with van der Waals surface area (Å²) in [4.78, 5) is 11.0. The maximum Gasteiger partial charge on any atom is 0.324 e. The van der Waals surface area contributed by atoms with Crippen LogP contribution in [0.1, 0.15) is 0 Å². The van der Waals surface area contributed by atoms with E-state index in [9.17, 15) is 13.2 Å². The van der Waals surface area contributed by atoms with E-state index >= 15 is 0 Å². The maximum absolute atomic E-state index is 12.9. The van der Waals surface area contributed by atoms with Crippen molar-refractivity contribution in [1.82, 2.24) is 0 Å². The Bertz CT molecular complexity index is 870. The highest BCUT2D eigenvalue weighted by Crippen LogP contribution is 2.31. The Morgan fingerprint density at radius 2 is 1.92 bits per heavy atom. The molecule has 1 N–H and O–H groups in total. The van der Waals surface area contributed by atoms with Crippen LogP contribution in [-0.2, 0) is 14.8 Å². The van der Waals surface area contributed by atoms with Crippen molar-refractivity contribution in [2.75, 3.05) is 18.0 Å². The molecule has 0 aromatic heterocycles. The lowest BCUT2D eigenvalue weighted by atomic mass is 10.3. The molecule has 0 aliphatic heterocycles. The van der Waals surface area contributed by atoms with E-state index in [2.05, 4.69) is 0 Å². The van der Waals surface area contributed by atoms with Crippen LogP contribution in [0.15, 0.2) is 47.4 Å². The third-order valence-electron chi connectivity index (χ3n) is 3.09. The van der Waals surface area contributed by atoms with Gasteiger partial charge in [-0.1, -0.05) is 29.3 Å². The number of benzene rings is 2. The highest BCUT2D eigenvalue weighted by molar-refractivity contribution is 7.92. The Labute approximate surface area is 149 Å². The number of hydrogen-bond acceptors (Lipinski definition) is 4. The average molecular weight is 390 g/mol. The van der Waals surface area contributed by atoms with Gasteiger partial charge in [-0.05, 0) is 36.4 Å². The molecule has 0 radical (unpaired) electrons. The molecule has 0 spiro atoms. The van der Waals surface area contributed by atoms with Gasteiger partial charge in [-0.3, -0.25) is 9.10 Å². The fourth-order valence-electron chi connectivity index (χ4n) is 2.00. The molecule has 2 aromatic carbocycles. The molecule has 0 aliphatic rings. The molecule has 0 fully saturated rings. The molecule has 0 saturated carbocycles. The number of anilines is 1. The van der Waals surface area contributed by atoms with Crippen LogP contribution < -0.4 is 9.04 Å². The second-order valence-corrected chi connectivity index (χ2v) is 7.39. The highest BCUT2D eigenvalue weighted by atomic mass is 35.5. The van der Waals surface area contributed by atoms with Gasteiger partial charge in [-0.15, -0.1) is 0 Å². The van der Waals surface area contributed by atoms with Gasteiger partial charge in [0.25, 0.3) is 10.0 Å². The predicted molar refractivity (Wildman–Crippen MR) is 91.6 cm³/mol. The van der Waals surface area contributed by atoms with Gasteiger partial charge < -0.3 is 9.84 Å². The van der Waals surface area contributed by atoms with Crippen molar-refractivity contribution >= 4 is 44.9 Å². The minimum Gasteiger partial charge on any atom is -0.495 e. The molecule has 0 amide bonds. The number of hydrogen-bond donors (Lipinski definition) is 1. The summed E-state index contributed by atoms with van der Waals surface area (Å²) >= 11 is 11.9. The fraction of sp³-hybridized carbons (Fsp3) is 0.133. The van der Waals surface area contributed by atoms with E-state index in [4.69, 9.17) is 33.0 Å². The standard InChI is InChI=1S/C15H13Cl2NO5S/c1-23-14-6-5-12(8-13(14)17)24(21,22)18(9-15(19)20)11-4-2-3-10(16)7-11/h2-8H,9H2,1H3,(H,19,20). The Hall–Kier alpha value is -1.96. The first kappa shape index (κ1) is 18.4. The molecule has 9 heteroatoms.